The maximum absolute atomic E-state index is 13.4. The van der Waals surface area contributed by atoms with Crippen molar-refractivity contribution in [1.29, 1.82) is 0 Å². The van der Waals surface area contributed by atoms with Crippen LogP contribution in [0.2, 0.25) is 13.1 Å². The number of para-hydroxylation sites is 1. The summed E-state index contributed by atoms with van der Waals surface area (Å²) in [5, 5.41) is 3.56. The van der Waals surface area contributed by atoms with Gasteiger partial charge in [-0.3, -0.25) is 4.79 Å². The standard InChI is InChI=1S/C28H33NO3SSi/c1-27(2,3)28(32-34(4)5,26(33)31-23-19-13-8-14-20-23)24(21-15-9-6-10-16-21)29-25(30)22-17-11-7-12-18-22/h6-20,24,34H,1-5H3,(H,29,30)/t24-,28-/m0/s1. The maximum atomic E-state index is 13.4. The Morgan fingerprint density at radius 1 is 0.853 bits per heavy atom. The van der Waals surface area contributed by atoms with Crippen LogP contribution in [0.4, 0.5) is 0 Å². The van der Waals surface area contributed by atoms with E-state index >= 15 is 0 Å². The van der Waals surface area contributed by atoms with Gasteiger partial charge in [0, 0.05) is 11.0 Å². The summed E-state index contributed by atoms with van der Waals surface area (Å²) in [6, 6.07) is 27.9. The number of hydrogen-bond donors (Lipinski definition) is 1. The second kappa shape index (κ2) is 11.1. The highest BCUT2D eigenvalue weighted by atomic mass is 32.1. The highest BCUT2D eigenvalue weighted by Crippen LogP contribution is 2.46. The van der Waals surface area contributed by atoms with Crippen molar-refractivity contribution in [3.63, 3.8) is 0 Å². The summed E-state index contributed by atoms with van der Waals surface area (Å²) >= 11 is 6.01. The van der Waals surface area contributed by atoms with Crippen molar-refractivity contribution < 1.29 is 14.0 Å². The van der Waals surface area contributed by atoms with Gasteiger partial charge in [-0.2, -0.15) is 0 Å². The number of amides is 1. The van der Waals surface area contributed by atoms with E-state index < -0.39 is 26.1 Å². The summed E-state index contributed by atoms with van der Waals surface area (Å²) in [5.41, 5.74) is -0.149. The van der Waals surface area contributed by atoms with Gasteiger partial charge in [-0.15, -0.1) is 0 Å². The predicted octanol–water partition coefficient (Wildman–Crippen LogP) is 6.35. The molecule has 0 saturated heterocycles. The Morgan fingerprint density at radius 3 is 1.85 bits per heavy atom. The molecule has 3 aromatic rings. The summed E-state index contributed by atoms with van der Waals surface area (Å²) in [7, 11) is -1.68. The third-order valence-electron chi connectivity index (χ3n) is 5.64. The highest BCUT2D eigenvalue weighted by Gasteiger charge is 2.55. The molecule has 178 valence electrons. The van der Waals surface area contributed by atoms with E-state index in [-0.39, 0.29) is 5.91 Å². The smallest absolute Gasteiger partial charge is 0.251 e. The quantitative estimate of drug-likeness (QED) is 0.295. The lowest BCUT2D eigenvalue weighted by Crippen LogP contribution is -2.63. The molecular formula is C28H33NO3SSi. The minimum Gasteiger partial charge on any atom is -0.447 e. The van der Waals surface area contributed by atoms with Gasteiger partial charge < -0.3 is 14.5 Å². The van der Waals surface area contributed by atoms with E-state index in [1.165, 1.54) is 0 Å². The Hall–Kier alpha value is -2.80. The van der Waals surface area contributed by atoms with Crippen molar-refractivity contribution >= 4 is 32.2 Å². The van der Waals surface area contributed by atoms with Crippen molar-refractivity contribution in [2.75, 3.05) is 0 Å². The average Bonchev–Trinajstić information content (AvgIpc) is 2.82. The van der Waals surface area contributed by atoms with Crippen LogP contribution in [0.25, 0.3) is 0 Å². The van der Waals surface area contributed by atoms with Gasteiger partial charge in [0.05, 0.1) is 6.04 Å². The number of ether oxygens (including phenoxy) is 1. The summed E-state index contributed by atoms with van der Waals surface area (Å²) in [4.78, 5) is 13.4. The van der Waals surface area contributed by atoms with Crippen molar-refractivity contribution in [2.45, 2.75) is 45.5 Å². The van der Waals surface area contributed by atoms with Crippen molar-refractivity contribution in [1.82, 2.24) is 5.32 Å². The van der Waals surface area contributed by atoms with Gasteiger partial charge in [0.1, 0.15) is 5.75 Å². The first-order valence-corrected chi connectivity index (χ1v) is 14.7. The summed E-state index contributed by atoms with van der Waals surface area (Å²) < 4.78 is 13.1. The fourth-order valence-corrected chi connectivity index (χ4v) is 6.06. The zero-order valence-electron chi connectivity index (χ0n) is 20.4. The van der Waals surface area contributed by atoms with Crippen LogP contribution in [0.15, 0.2) is 91.0 Å². The molecule has 0 spiro atoms. The molecule has 0 radical (unpaired) electrons. The molecule has 0 saturated carbocycles. The fourth-order valence-electron chi connectivity index (χ4n) is 4.06. The SMILES string of the molecule is C[SiH](C)O[C@](C(=S)Oc1ccccc1)([C@@H](NC(=O)c1ccccc1)c1ccccc1)C(C)(C)C. The Balaban J connectivity index is 2.17. The molecule has 4 nitrogen and oxygen atoms in total. The number of rotatable bonds is 8. The van der Waals surface area contributed by atoms with Gasteiger partial charge in [-0.05, 0) is 55.1 Å². The molecule has 3 rings (SSSR count). The molecule has 0 aliphatic carbocycles. The van der Waals surface area contributed by atoms with Crippen LogP contribution >= 0.6 is 12.2 Å². The predicted molar refractivity (Wildman–Crippen MR) is 145 cm³/mol. The minimum atomic E-state index is -1.68. The molecule has 3 aromatic carbocycles. The molecule has 1 amide bonds. The number of carbonyl (C=O) groups is 1. The molecular weight excluding hydrogens is 458 g/mol. The van der Waals surface area contributed by atoms with Gasteiger partial charge >= 0.3 is 0 Å². The van der Waals surface area contributed by atoms with E-state index in [0.29, 0.717) is 16.4 Å². The first-order valence-electron chi connectivity index (χ1n) is 11.5. The highest BCUT2D eigenvalue weighted by molar-refractivity contribution is 7.80. The second-order valence-corrected chi connectivity index (χ2v) is 12.2. The zero-order chi connectivity index (χ0) is 24.8. The van der Waals surface area contributed by atoms with E-state index in [9.17, 15) is 4.79 Å². The van der Waals surface area contributed by atoms with Crippen molar-refractivity contribution in [3.8, 4) is 5.75 Å². The lowest BCUT2D eigenvalue weighted by atomic mass is 9.70. The molecule has 0 bridgehead atoms. The Labute approximate surface area is 210 Å². The monoisotopic (exact) mass is 491 g/mol. The van der Waals surface area contributed by atoms with Crippen LogP contribution in [-0.4, -0.2) is 25.6 Å². The van der Waals surface area contributed by atoms with Crippen molar-refractivity contribution in [2.24, 2.45) is 5.41 Å². The number of nitrogens with one attached hydrogen (secondary N) is 1. The number of benzene rings is 3. The average molecular weight is 492 g/mol. The number of hydrogen-bond acceptors (Lipinski definition) is 4. The molecule has 0 heterocycles. The van der Waals surface area contributed by atoms with Crippen LogP contribution in [0.1, 0.15) is 42.7 Å². The maximum Gasteiger partial charge on any atom is 0.251 e. The van der Waals surface area contributed by atoms with Crippen LogP contribution in [0.3, 0.4) is 0 Å². The fraction of sp³-hybridized carbons (Fsp3) is 0.286. The molecule has 34 heavy (non-hydrogen) atoms. The van der Waals surface area contributed by atoms with Crippen LogP contribution in [0, 0.1) is 5.41 Å². The van der Waals surface area contributed by atoms with E-state index in [2.05, 4.69) is 39.2 Å². The van der Waals surface area contributed by atoms with Gasteiger partial charge in [-0.1, -0.05) is 87.5 Å². The largest absolute Gasteiger partial charge is 0.447 e. The second-order valence-electron chi connectivity index (χ2n) is 9.54. The molecule has 1 N–H and O–H groups in total. The third-order valence-corrected chi connectivity index (χ3v) is 6.87. The van der Waals surface area contributed by atoms with Gasteiger partial charge in [0.25, 0.3) is 5.91 Å². The first kappa shape index (κ1) is 25.8. The molecule has 2 atom stereocenters. The molecule has 0 unspecified atom stereocenters. The first-order chi connectivity index (χ1) is 16.1. The lowest BCUT2D eigenvalue weighted by Gasteiger charge is -2.50. The van der Waals surface area contributed by atoms with Crippen LogP contribution in [-0.2, 0) is 4.43 Å². The molecule has 6 heteroatoms. The van der Waals surface area contributed by atoms with Gasteiger partial charge in [0.2, 0.25) is 5.05 Å². The van der Waals surface area contributed by atoms with E-state index in [4.69, 9.17) is 21.4 Å². The van der Waals surface area contributed by atoms with Gasteiger partial charge in [-0.25, -0.2) is 0 Å². The Morgan fingerprint density at radius 2 is 1.35 bits per heavy atom. The Kier molecular flexibility index (Phi) is 8.41. The lowest BCUT2D eigenvalue weighted by molar-refractivity contribution is -0.0140. The van der Waals surface area contributed by atoms with Crippen LogP contribution < -0.4 is 10.1 Å². The topological polar surface area (TPSA) is 47.6 Å². The summed E-state index contributed by atoms with van der Waals surface area (Å²) in [6.07, 6.45) is 0. The van der Waals surface area contributed by atoms with E-state index in [1.54, 1.807) is 12.1 Å². The summed E-state index contributed by atoms with van der Waals surface area (Å²) in [6.45, 7) is 10.4. The normalized spacial score (nSPS) is 14.2. The van der Waals surface area contributed by atoms with Crippen molar-refractivity contribution in [3.05, 3.63) is 102 Å². The molecule has 0 fully saturated rings. The Bertz CT molecular complexity index is 1080. The minimum absolute atomic E-state index is 0.195. The molecule has 0 aliphatic rings. The zero-order valence-corrected chi connectivity index (χ0v) is 22.4. The molecule has 0 aromatic heterocycles. The number of thiocarbonyl (C=S) groups is 1. The third kappa shape index (κ3) is 5.81. The van der Waals surface area contributed by atoms with Crippen LogP contribution in [0.5, 0.6) is 5.75 Å². The van der Waals surface area contributed by atoms with E-state index in [0.717, 1.165) is 5.56 Å². The van der Waals surface area contributed by atoms with E-state index in [1.807, 2.05) is 78.9 Å². The summed E-state index contributed by atoms with van der Waals surface area (Å²) in [5.74, 6) is 0.441. The number of carbonyl (C=O) groups excluding carboxylic acids is 1. The van der Waals surface area contributed by atoms with Gasteiger partial charge in [0.15, 0.2) is 14.6 Å². The molecule has 0 aliphatic heterocycles.